The lowest BCUT2D eigenvalue weighted by atomic mass is 9.95. The molecule has 3 aromatic rings. The fourth-order valence-corrected chi connectivity index (χ4v) is 4.68. The fourth-order valence-electron chi connectivity index (χ4n) is 3.65. The number of benzene rings is 1. The van der Waals surface area contributed by atoms with Crippen LogP contribution in [-0.4, -0.2) is 31.3 Å². The molecule has 1 aliphatic rings. The lowest BCUT2D eigenvalue weighted by Gasteiger charge is -2.25. The third-order valence-electron chi connectivity index (χ3n) is 5.12. The molecule has 31 heavy (non-hydrogen) atoms. The van der Waals surface area contributed by atoms with Gasteiger partial charge in [0.25, 0.3) is 5.69 Å². The molecule has 1 amide bonds. The maximum absolute atomic E-state index is 12.5. The van der Waals surface area contributed by atoms with Crippen molar-refractivity contribution in [1.29, 1.82) is 0 Å². The van der Waals surface area contributed by atoms with Crippen LogP contribution in [0.4, 0.5) is 11.4 Å². The fraction of sp³-hybridized carbons (Fsp3) is 0.350. The largest absolute Gasteiger partial charge is 0.461 e. The minimum absolute atomic E-state index is 0.0936. The molecular weight excluding hydrogens is 442 g/mol. The van der Waals surface area contributed by atoms with E-state index >= 15 is 0 Å². The van der Waals surface area contributed by atoms with Crippen molar-refractivity contribution >= 4 is 40.6 Å². The molecule has 0 radical (unpaired) electrons. The van der Waals surface area contributed by atoms with Gasteiger partial charge in [-0.2, -0.15) is 0 Å². The highest BCUT2D eigenvalue weighted by Gasteiger charge is 2.25. The van der Waals surface area contributed by atoms with Crippen molar-refractivity contribution in [2.75, 3.05) is 11.1 Å². The van der Waals surface area contributed by atoms with Crippen LogP contribution in [0.25, 0.3) is 11.6 Å². The number of halogens is 1. The normalized spacial score (nSPS) is 14.5. The Hall–Kier alpha value is -2.85. The third kappa shape index (κ3) is 4.91. The number of rotatable bonds is 7. The van der Waals surface area contributed by atoms with Gasteiger partial charge in [-0.05, 0) is 31.0 Å². The highest BCUT2D eigenvalue weighted by Crippen LogP contribution is 2.36. The predicted molar refractivity (Wildman–Crippen MR) is 117 cm³/mol. The van der Waals surface area contributed by atoms with Crippen LogP contribution < -0.4 is 5.32 Å². The molecule has 9 nitrogen and oxygen atoms in total. The summed E-state index contributed by atoms with van der Waals surface area (Å²) in [5, 5.41) is 22.9. The first kappa shape index (κ1) is 21.4. The number of anilines is 1. The zero-order valence-corrected chi connectivity index (χ0v) is 18.1. The average molecular weight is 462 g/mol. The average Bonchev–Trinajstić information content (AvgIpc) is 3.44. The molecular formula is C20H20ClN5O4S. The van der Waals surface area contributed by atoms with Gasteiger partial charge in [-0.3, -0.25) is 19.5 Å². The standard InChI is InChI=1S/C20H20ClN5O4S/c21-15-11-14(26(28)29)8-9-16(15)22-18(27)12-31-20-24-23-19(17-7-4-10-30-17)25(20)13-5-2-1-3-6-13/h4,7-11,13H,1-3,5-6,12H2,(H,22,27). The summed E-state index contributed by atoms with van der Waals surface area (Å²) in [4.78, 5) is 22.8. The molecule has 0 spiro atoms. The third-order valence-corrected chi connectivity index (χ3v) is 6.37. The molecule has 1 N–H and O–H groups in total. The molecule has 0 atom stereocenters. The molecule has 1 aliphatic carbocycles. The van der Waals surface area contributed by atoms with E-state index < -0.39 is 4.92 Å². The summed E-state index contributed by atoms with van der Waals surface area (Å²) in [5.74, 6) is 1.11. The number of thioether (sulfide) groups is 1. The van der Waals surface area contributed by atoms with Crippen molar-refractivity contribution in [2.24, 2.45) is 0 Å². The zero-order chi connectivity index (χ0) is 21.8. The van der Waals surface area contributed by atoms with Crippen LogP contribution in [0.15, 0.2) is 46.2 Å². The highest BCUT2D eigenvalue weighted by molar-refractivity contribution is 7.99. The summed E-state index contributed by atoms with van der Waals surface area (Å²) in [6, 6.07) is 7.84. The molecule has 2 heterocycles. The van der Waals surface area contributed by atoms with Crippen molar-refractivity contribution in [2.45, 2.75) is 43.3 Å². The minimum Gasteiger partial charge on any atom is -0.461 e. The summed E-state index contributed by atoms with van der Waals surface area (Å²) >= 11 is 7.34. The molecule has 0 bridgehead atoms. The van der Waals surface area contributed by atoms with Gasteiger partial charge in [-0.25, -0.2) is 0 Å². The molecule has 2 aromatic heterocycles. The van der Waals surface area contributed by atoms with Crippen molar-refractivity contribution < 1.29 is 14.1 Å². The Morgan fingerprint density at radius 2 is 2.10 bits per heavy atom. The molecule has 11 heteroatoms. The van der Waals surface area contributed by atoms with Crippen molar-refractivity contribution in [1.82, 2.24) is 14.8 Å². The Morgan fingerprint density at radius 1 is 1.29 bits per heavy atom. The Balaban J connectivity index is 1.48. The number of aromatic nitrogens is 3. The Labute approximate surface area is 187 Å². The summed E-state index contributed by atoms with van der Waals surface area (Å²) in [6.45, 7) is 0. The number of furan rings is 1. The number of non-ortho nitro benzene ring substituents is 1. The second-order valence-electron chi connectivity index (χ2n) is 7.20. The molecule has 1 fully saturated rings. The lowest BCUT2D eigenvalue weighted by molar-refractivity contribution is -0.384. The summed E-state index contributed by atoms with van der Waals surface area (Å²) in [7, 11) is 0. The van der Waals surface area contributed by atoms with Crippen LogP contribution in [0.2, 0.25) is 5.02 Å². The van der Waals surface area contributed by atoms with Crippen LogP contribution in [0.1, 0.15) is 38.1 Å². The van der Waals surface area contributed by atoms with Crippen LogP contribution in [-0.2, 0) is 4.79 Å². The first-order valence-electron chi connectivity index (χ1n) is 9.88. The second-order valence-corrected chi connectivity index (χ2v) is 8.55. The van der Waals surface area contributed by atoms with Gasteiger partial charge in [0.2, 0.25) is 11.7 Å². The molecule has 0 unspecified atom stereocenters. The van der Waals surface area contributed by atoms with Gasteiger partial charge in [-0.15, -0.1) is 10.2 Å². The van der Waals surface area contributed by atoms with Gasteiger partial charge in [-0.1, -0.05) is 42.6 Å². The second kappa shape index (κ2) is 9.52. The van der Waals surface area contributed by atoms with Gasteiger partial charge >= 0.3 is 0 Å². The highest BCUT2D eigenvalue weighted by atomic mass is 35.5. The number of nitrogens with zero attached hydrogens (tertiary/aromatic N) is 4. The Morgan fingerprint density at radius 3 is 2.77 bits per heavy atom. The Kier molecular flexibility index (Phi) is 6.57. The van der Waals surface area contributed by atoms with Crippen molar-refractivity contribution in [3.05, 3.63) is 51.7 Å². The summed E-state index contributed by atoms with van der Waals surface area (Å²) in [5.41, 5.74) is 0.186. The number of nitrogens with one attached hydrogen (secondary N) is 1. The first-order chi connectivity index (χ1) is 15.0. The Bertz CT molecular complexity index is 1080. The van der Waals surface area contributed by atoms with Gasteiger partial charge in [0.05, 0.1) is 27.6 Å². The summed E-state index contributed by atoms with van der Waals surface area (Å²) in [6.07, 6.45) is 7.17. The maximum atomic E-state index is 12.5. The van der Waals surface area contributed by atoms with E-state index in [0.717, 1.165) is 25.7 Å². The summed E-state index contributed by atoms with van der Waals surface area (Å²) < 4.78 is 7.61. The lowest BCUT2D eigenvalue weighted by Crippen LogP contribution is -2.17. The quantitative estimate of drug-likeness (QED) is 0.287. The van der Waals surface area contributed by atoms with E-state index in [1.165, 1.54) is 36.4 Å². The van der Waals surface area contributed by atoms with Crippen LogP contribution >= 0.6 is 23.4 Å². The van der Waals surface area contributed by atoms with E-state index in [4.69, 9.17) is 16.0 Å². The number of carbonyl (C=O) groups excluding carboxylic acids is 1. The van der Waals surface area contributed by atoms with E-state index in [0.29, 0.717) is 22.4 Å². The van der Waals surface area contributed by atoms with Crippen LogP contribution in [0.3, 0.4) is 0 Å². The van der Waals surface area contributed by atoms with Gasteiger partial charge in [0.15, 0.2) is 10.9 Å². The topological polar surface area (TPSA) is 116 Å². The predicted octanol–water partition coefficient (Wildman–Crippen LogP) is 5.34. The molecule has 0 saturated heterocycles. The number of carbonyl (C=O) groups is 1. The van der Waals surface area contributed by atoms with Crippen molar-refractivity contribution in [3.8, 4) is 11.6 Å². The molecule has 4 rings (SSSR count). The van der Waals surface area contributed by atoms with Crippen molar-refractivity contribution in [3.63, 3.8) is 0 Å². The number of hydrogen-bond acceptors (Lipinski definition) is 7. The molecule has 1 saturated carbocycles. The van der Waals surface area contributed by atoms with E-state index in [-0.39, 0.29) is 28.4 Å². The number of nitro benzene ring substituents is 1. The first-order valence-corrected chi connectivity index (χ1v) is 11.2. The van der Waals surface area contributed by atoms with Gasteiger partial charge < -0.3 is 9.73 Å². The van der Waals surface area contributed by atoms with Crippen LogP contribution in [0.5, 0.6) is 0 Å². The van der Waals surface area contributed by atoms with E-state index in [1.54, 1.807) is 6.26 Å². The van der Waals surface area contributed by atoms with Gasteiger partial charge in [0.1, 0.15) is 0 Å². The molecule has 0 aliphatic heterocycles. The molecule has 1 aromatic carbocycles. The SMILES string of the molecule is O=C(CSc1nnc(-c2ccco2)n1C1CCCCC1)Nc1ccc([N+](=O)[O-])cc1Cl. The monoisotopic (exact) mass is 461 g/mol. The van der Waals surface area contributed by atoms with Gasteiger partial charge in [0, 0.05) is 18.2 Å². The minimum atomic E-state index is -0.540. The molecule has 162 valence electrons. The number of hydrogen-bond donors (Lipinski definition) is 1. The van der Waals surface area contributed by atoms with E-state index in [9.17, 15) is 14.9 Å². The maximum Gasteiger partial charge on any atom is 0.271 e. The smallest absolute Gasteiger partial charge is 0.271 e. The zero-order valence-electron chi connectivity index (χ0n) is 16.5. The number of amides is 1. The van der Waals surface area contributed by atoms with E-state index in [2.05, 4.69) is 20.1 Å². The number of nitro groups is 1. The van der Waals surface area contributed by atoms with E-state index in [1.807, 2.05) is 12.1 Å². The van der Waals surface area contributed by atoms with Crippen LogP contribution in [0, 0.1) is 10.1 Å².